The van der Waals surface area contributed by atoms with Crippen LogP contribution in [0.3, 0.4) is 0 Å². The van der Waals surface area contributed by atoms with Gasteiger partial charge in [-0.2, -0.15) is 5.10 Å². The minimum atomic E-state index is -4.06. The van der Waals surface area contributed by atoms with Crippen LogP contribution >= 0.6 is 11.3 Å². The molecule has 0 saturated heterocycles. The lowest BCUT2D eigenvalue weighted by Crippen LogP contribution is -2.23. The van der Waals surface area contributed by atoms with Gasteiger partial charge in [0.15, 0.2) is 0 Å². The molecule has 0 unspecified atom stereocenters. The van der Waals surface area contributed by atoms with E-state index in [1.165, 1.54) is 16.0 Å². The first kappa shape index (κ1) is 21.7. The maximum Gasteiger partial charge on any atom is 0.296 e. The quantitative estimate of drug-likeness (QED) is 0.442. The molecule has 0 bridgehead atoms. The summed E-state index contributed by atoms with van der Waals surface area (Å²) in [6.07, 6.45) is 5.81. The van der Waals surface area contributed by atoms with Crippen molar-refractivity contribution >= 4 is 27.0 Å². The van der Waals surface area contributed by atoms with Crippen LogP contribution in [-0.2, 0) is 17.1 Å². The summed E-state index contributed by atoms with van der Waals surface area (Å²) < 4.78 is 34.7. The van der Waals surface area contributed by atoms with E-state index in [4.69, 9.17) is 0 Å². The van der Waals surface area contributed by atoms with Gasteiger partial charge in [0.05, 0.1) is 22.3 Å². The molecule has 4 aromatic rings. The Morgan fingerprint density at radius 2 is 1.82 bits per heavy atom. The number of rotatable bonds is 6. The van der Waals surface area contributed by atoms with E-state index >= 15 is 0 Å². The molecule has 0 atom stereocenters. The zero-order valence-corrected chi connectivity index (χ0v) is 20.1. The largest absolute Gasteiger partial charge is 0.296 e. The average molecular weight is 484 g/mol. The van der Waals surface area contributed by atoms with Gasteiger partial charge < -0.3 is 0 Å². The van der Waals surface area contributed by atoms with E-state index in [0.717, 1.165) is 30.6 Å². The molecule has 3 heterocycles. The van der Waals surface area contributed by atoms with Crippen molar-refractivity contribution in [2.45, 2.75) is 43.5 Å². The number of anilines is 1. The van der Waals surface area contributed by atoms with Crippen molar-refractivity contribution in [3.05, 3.63) is 70.1 Å². The van der Waals surface area contributed by atoms with E-state index in [2.05, 4.69) is 9.82 Å². The maximum absolute atomic E-state index is 13.6. The molecule has 172 valence electrons. The molecule has 1 aliphatic carbocycles. The predicted octanol–water partition coefficient (Wildman–Crippen LogP) is 4.33. The van der Waals surface area contributed by atoms with Gasteiger partial charge in [0.2, 0.25) is 0 Å². The molecular weight excluding hydrogens is 458 g/mol. The van der Waals surface area contributed by atoms with Crippen molar-refractivity contribution < 1.29 is 8.42 Å². The van der Waals surface area contributed by atoms with Gasteiger partial charge in [-0.15, -0.1) is 11.3 Å². The topological polar surface area (TPSA) is 90.9 Å². The summed E-state index contributed by atoms with van der Waals surface area (Å²) in [4.78, 5) is 14.1. The van der Waals surface area contributed by atoms with E-state index in [0.29, 0.717) is 17.1 Å². The summed E-state index contributed by atoms with van der Waals surface area (Å²) in [6.45, 7) is 1.72. The Hall–Kier alpha value is -3.11. The first-order valence-electron chi connectivity index (χ1n) is 10.9. The number of benzene rings is 1. The first-order chi connectivity index (χ1) is 15.9. The summed E-state index contributed by atoms with van der Waals surface area (Å²) >= 11 is 1.44. The van der Waals surface area contributed by atoms with E-state index in [1.54, 1.807) is 41.7 Å². The Morgan fingerprint density at radius 1 is 1.09 bits per heavy atom. The number of hydrogen-bond acceptors (Lipinski definition) is 5. The highest BCUT2D eigenvalue weighted by Gasteiger charge is 2.30. The summed E-state index contributed by atoms with van der Waals surface area (Å²) in [5.74, 6) is 0. The molecule has 1 N–H and O–H groups in total. The van der Waals surface area contributed by atoms with Crippen LogP contribution in [0.2, 0.25) is 0 Å². The third kappa shape index (κ3) is 3.83. The van der Waals surface area contributed by atoms with Crippen molar-refractivity contribution in [2.24, 2.45) is 7.05 Å². The lowest BCUT2D eigenvalue weighted by atomic mass is 10.3. The van der Waals surface area contributed by atoms with Crippen molar-refractivity contribution in [3.63, 3.8) is 0 Å². The van der Waals surface area contributed by atoms with Gasteiger partial charge in [0.25, 0.3) is 15.6 Å². The third-order valence-corrected chi connectivity index (χ3v) is 8.46. The number of nitrogens with zero attached hydrogens (tertiary/aromatic N) is 4. The highest BCUT2D eigenvalue weighted by molar-refractivity contribution is 7.92. The van der Waals surface area contributed by atoms with Gasteiger partial charge in [-0.1, -0.05) is 37.1 Å². The Balaban J connectivity index is 1.59. The van der Waals surface area contributed by atoms with Gasteiger partial charge in [0, 0.05) is 13.2 Å². The molecular formula is C23H25N5O3S2. The van der Waals surface area contributed by atoms with Crippen LogP contribution in [0.25, 0.3) is 16.3 Å². The minimum Gasteiger partial charge on any atom is -0.283 e. The average Bonchev–Trinajstić information content (AvgIpc) is 3.59. The van der Waals surface area contributed by atoms with E-state index < -0.39 is 15.6 Å². The Bertz CT molecular complexity index is 1440. The highest BCUT2D eigenvalue weighted by Crippen LogP contribution is 2.35. The van der Waals surface area contributed by atoms with Crippen molar-refractivity contribution in [2.75, 3.05) is 4.72 Å². The van der Waals surface area contributed by atoms with Crippen LogP contribution in [0.15, 0.2) is 63.7 Å². The minimum absolute atomic E-state index is 0.0344. The number of sulfonamides is 1. The lowest BCUT2D eigenvalue weighted by Gasteiger charge is -2.08. The first-order valence-corrected chi connectivity index (χ1v) is 13.2. The smallest absolute Gasteiger partial charge is 0.283 e. The normalized spacial score (nSPS) is 14.7. The van der Waals surface area contributed by atoms with Crippen LogP contribution in [0.5, 0.6) is 0 Å². The maximum atomic E-state index is 13.6. The van der Waals surface area contributed by atoms with Crippen molar-refractivity contribution in [3.8, 4) is 16.3 Å². The monoisotopic (exact) mass is 483 g/mol. The molecule has 33 heavy (non-hydrogen) atoms. The predicted molar refractivity (Wildman–Crippen MR) is 130 cm³/mol. The second kappa shape index (κ2) is 8.35. The second-order valence-corrected chi connectivity index (χ2v) is 10.9. The standard InChI is InChI=1S/C23H25N5O3S2/c1-16-21(23(29)28(26(16)2)18-11-4-3-5-12-18)25-33(30,31)20-15-27(17-9-6-7-10-17)24-22(20)19-13-8-14-32-19/h3-5,8,11-15,17,25H,6-7,9-10H2,1-2H3. The molecule has 0 amide bonds. The molecule has 10 heteroatoms. The van der Waals surface area contributed by atoms with E-state index in [-0.39, 0.29) is 16.6 Å². The van der Waals surface area contributed by atoms with Gasteiger partial charge >= 0.3 is 0 Å². The van der Waals surface area contributed by atoms with Crippen LogP contribution in [0.1, 0.15) is 37.4 Å². The van der Waals surface area contributed by atoms with Gasteiger partial charge in [-0.05, 0) is 43.3 Å². The third-order valence-electron chi connectivity index (χ3n) is 6.23. The number of nitrogens with one attached hydrogen (secondary N) is 1. The van der Waals surface area contributed by atoms with Gasteiger partial charge in [-0.3, -0.25) is 18.9 Å². The summed E-state index contributed by atoms with van der Waals surface area (Å²) in [6, 6.07) is 13.1. The molecule has 1 aromatic carbocycles. The Labute approximate surface area is 196 Å². The summed E-state index contributed by atoms with van der Waals surface area (Å²) in [5, 5.41) is 6.57. The number of aromatic nitrogens is 4. The Morgan fingerprint density at radius 3 is 2.48 bits per heavy atom. The summed E-state index contributed by atoms with van der Waals surface area (Å²) in [5.41, 5.74) is 1.21. The SMILES string of the molecule is Cc1c(NS(=O)(=O)c2cn(C3CCCC3)nc2-c2cccs2)c(=O)n(-c2ccccc2)n1C. The molecule has 1 aliphatic rings. The van der Waals surface area contributed by atoms with Gasteiger partial charge in [0.1, 0.15) is 16.3 Å². The fraction of sp³-hybridized carbons (Fsp3) is 0.304. The van der Waals surface area contributed by atoms with Crippen LogP contribution in [0, 0.1) is 6.92 Å². The van der Waals surface area contributed by atoms with Crippen molar-refractivity contribution in [1.29, 1.82) is 0 Å². The molecule has 0 radical (unpaired) electrons. The second-order valence-electron chi connectivity index (χ2n) is 8.28. The van der Waals surface area contributed by atoms with Crippen LogP contribution in [0.4, 0.5) is 5.69 Å². The van der Waals surface area contributed by atoms with Crippen molar-refractivity contribution in [1.82, 2.24) is 19.1 Å². The molecule has 5 rings (SSSR count). The molecule has 8 nitrogen and oxygen atoms in total. The summed E-state index contributed by atoms with van der Waals surface area (Å²) in [7, 11) is -2.33. The number of para-hydroxylation sites is 1. The lowest BCUT2D eigenvalue weighted by molar-refractivity contribution is 0.467. The molecule has 3 aromatic heterocycles. The zero-order valence-electron chi connectivity index (χ0n) is 18.4. The van der Waals surface area contributed by atoms with Crippen LogP contribution < -0.4 is 10.3 Å². The number of hydrogen-bond donors (Lipinski definition) is 1. The zero-order chi connectivity index (χ0) is 23.2. The molecule has 1 fully saturated rings. The highest BCUT2D eigenvalue weighted by atomic mass is 32.2. The molecule has 1 saturated carbocycles. The fourth-order valence-corrected chi connectivity index (χ4v) is 6.44. The molecule has 0 spiro atoms. The molecule has 0 aliphatic heterocycles. The van der Waals surface area contributed by atoms with Crippen LogP contribution in [-0.4, -0.2) is 27.6 Å². The Kier molecular flexibility index (Phi) is 5.49. The fourth-order valence-electron chi connectivity index (χ4n) is 4.39. The van der Waals surface area contributed by atoms with E-state index in [9.17, 15) is 13.2 Å². The van der Waals surface area contributed by atoms with Gasteiger partial charge in [-0.25, -0.2) is 13.1 Å². The number of thiophene rings is 1. The van der Waals surface area contributed by atoms with E-state index in [1.807, 2.05) is 35.7 Å².